The summed E-state index contributed by atoms with van der Waals surface area (Å²) in [7, 11) is -3.62. The van der Waals surface area contributed by atoms with Gasteiger partial charge in [-0.05, 0) is 68.3 Å². The van der Waals surface area contributed by atoms with E-state index in [9.17, 15) is 13.2 Å². The molecule has 10 heteroatoms. The quantitative estimate of drug-likeness (QED) is 0.444. The normalized spacial score (nSPS) is 21.1. The van der Waals surface area contributed by atoms with E-state index in [1.165, 1.54) is 4.31 Å². The highest BCUT2D eigenvalue weighted by Gasteiger charge is 2.37. The molecule has 0 radical (unpaired) electrons. The van der Waals surface area contributed by atoms with Gasteiger partial charge in [-0.15, -0.1) is 0 Å². The van der Waals surface area contributed by atoms with Crippen LogP contribution < -0.4 is 10.8 Å². The molecule has 2 aliphatic heterocycles. The van der Waals surface area contributed by atoms with Crippen molar-refractivity contribution >= 4 is 39.1 Å². The topological polar surface area (TPSA) is 98.7 Å². The minimum absolute atomic E-state index is 0.0661. The van der Waals surface area contributed by atoms with Gasteiger partial charge < -0.3 is 5.32 Å². The lowest BCUT2D eigenvalue weighted by Gasteiger charge is -2.34. The van der Waals surface area contributed by atoms with Crippen LogP contribution in [0.25, 0.3) is 0 Å². The first-order chi connectivity index (χ1) is 13.8. The van der Waals surface area contributed by atoms with Gasteiger partial charge in [0.15, 0.2) is 0 Å². The number of nitrogens with one attached hydrogen (secondary N) is 2. The monoisotopic (exact) mass is 463 g/mol. The van der Waals surface area contributed by atoms with Crippen LogP contribution in [0.1, 0.15) is 37.2 Å². The smallest absolute Gasteiger partial charge is 0.247 e. The van der Waals surface area contributed by atoms with Gasteiger partial charge in [0.1, 0.15) is 0 Å². The van der Waals surface area contributed by atoms with Gasteiger partial charge in [-0.25, -0.2) is 18.2 Å². The van der Waals surface area contributed by atoms with Crippen molar-refractivity contribution in [3.05, 3.63) is 33.8 Å². The molecule has 0 unspecified atom stereocenters. The Morgan fingerprint density at radius 1 is 1.21 bits per heavy atom. The number of sulfonamides is 1. The van der Waals surface area contributed by atoms with E-state index in [-0.39, 0.29) is 17.6 Å². The average Bonchev–Trinajstić information content (AvgIpc) is 2.72. The SMILES string of the molecule is O=C(NO)[C@H](CS(=O)(=O)N1CCC(c2ccc(Cl)cc2Cl)CC1)C1CCNCC1. The number of carbonyl (C=O) groups excluding carboxylic acids is 1. The van der Waals surface area contributed by atoms with Crippen LogP contribution in [0.3, 0.4) is 0 Å². The number of hydroxylamine groups is 1. The third-order valence-electron chi connectivity index (χ3n) is 6.04. The first kappa shape index (κ1) is 22.8. The summed E-state index contributed by atoms with van der Waals surface area (Å²) in [5, 5.41) is 13.5. The zero-order valence-corrected chi connectivity index (χ0v) is 18.4. The largest absolute Gasteiger partial charge is 0.317 e. The molecule has 0 spiro atoms. The van der Waals surface area contributed by atoms with Crippen molar-refractivity contribution in [2.75, 3.05) is 31.9 Å². The van der Waals surface area contributed by atoms with Crippen molar-refractivity contribution in [1.29, 1.82) is 0 Å². The number of halogens is 2. The molecular weight excluding hydrogens is 437 g/mol. The summed E-state index contributed by atoms with van der Waals surface area (Å²) in [6.45, 7) is 2.25. The van der Waals surface area contributed by atoms with E-state index in [1.807, 2.05) is 6.07 Å². The minimum Gasteiger partial charge on any atom is -0.317 e. The maximum atomic E-state index is 13.0. The Morgan fingerprint density at radius 3 is 2.45 bits per heavy atom. The van der Waals surface area contributed by atoms with E-state index in [1.54, 1.807) is 17.6 Å². The Kier molecular flexibility index (Phi) is 7.81. The second-order valence-electron chi connectivity index (χ2n) is 7.79. The number of carbonyl (C=O) groups is 1. The fourth-order valence-electron chi connectivity index (χ4n) is 4.37. The first-order valence-electron chi connectivity index (χ1n) is 9.89. The average molecular weight is 464 g/mol. The summed E-state index contributed by atoms with van der Waals surface area (Å²) >= 11 is 12.3. The Labute approximate surface area is 181 Å². The van der Waals surface area contributed by atoms with Crippen LogP contribution in [0.15, 0.2) is 18.2 Å². The molecule has 1 aromatic rings. The standard InChI is InChI=1S/C19H27Cl2N3O4S/c20-15-1-2-16(18(21)11-15)14-5-9-24(10-6-14)29(27,28)12-17(19(25)23-26)13-3-7-22-8-4-13/h1-2,11,13-14,17,22,26H,3-10,12H2,(H,23,25)/t17-/m1/s1. The Bertz CT molecular complexity index is 823. The maximum Gasteiger partial charge on any atom is 0.247 e. The van der Waals surface area contributed by atoms with Crippen LogP contribution in [0.2, 0.25) is 10.0 Å². The molecule has 162 valence electrons. The molecular formula is C19H27Cl2N3O4S. The molecule has 7 nitrogen and oxygen atoms in total. The van der Waals surface area contributed by atoms with E-state index in [0.29, 0.717) is 48.8 Å². The number of piperidine rings is 2. The van der Waals surface area contributed by atoms with E-state index >= 15 is 0 Å². The number of rotatable bonds is 6. The van der Waals surface area contributed by atoms with Crippen LogP contribution in [-0.2, 0) is 14.8 Å². The highest BCUT2D eigenvalue weighted by molar-refractivity contribution is 7.89. The van der Waals surface area contributed by atoms with Gasteiger partial charge in [-0.2, -0.15) is 0 Å². The molecule has 1 atom stereocenters. The second kappa shape index (κ2) is 9.94. The van der Waals surface area contributed by atoms with E-state index in [0.717, 1.165) is 18.7 Å². The highest BCUT2D eigenvalue weighted by atomic mass is 35.5. The van der Waals surface area contributed by atoms with Crippen molar-refractivity contribution in [2.45, 2.75) is 31.6 Å². The molecule has 0 bridgehead atoms. The molecule has 1 aromatic carbocycles. The predicted molar refractivity (Wildman–Crippen MR) is 113 cm³/mol. The van der Waals surface area contributed by atoms with E-state index in [2.05, 4.69) is 5.32 Å². The molecule has 2 fully saturated rings. The summed E-state index contributed by atoms with van der Waals surface area (Å²) in [5.41, 5.74) is 2.65. The van der Waals surface area contributed by atoms with Gasteiger partial charge in [-0.3, -0.25) is 10.0 Å². The molecule has 2 heterocycles. The second-order valence-corrected chi connectivity index (χ2v) is 10.6. The van der Waals surface area contributed by atoms with Crippen LogP contribution >= 0.6 is 23.2 Å². The molecule has 3 rings (SSSR count). The van der Waals surface area contributed by atoms with Crippen LogP contribution in [0, 0.1) is 11.8 Å². The van der Waals surface area contributed by atoms with Crippen LogP contribution in [0.4, 0.5) is 0 Å². The van der Waals surface area contributed by atoms with Crippen molar-refractivity contribution in [1.82, 2.24) is 15.1 Å². The molecule has 2 aliphatic rings. The lowest BCUT2D eigenvalue weighted by molar-refractivity contribution is -0.134. The minimum atomic E-state index is -3.62. The van der Waals surface area contributed by atoms with Gasteiger partial charge in [0.2, 0.25) is 15.9 Å². The van der Waals surface area contributed by atoms with Gasteiger partial charge in [0, 0.05) is 23.1 Å². The first-order valence-corrected chi connectivity index (χ1v) is 12.3. The lowest BCUT2D eigenvalue weighted by atomic mass is 9.85. The van der Waals surface area contributed by atoms with Crippen molar-refractivity contribution in [3.63, 3.8) is 0 Å². The predicted octanol–water partition coefficient (Wildman–Crippen LogP) is 2.62. The fourth-order valence-corrected chi connectivity index (χ4v) is 6.78. The third kappa shape index (κ3) is 5.62. The maximum absolute atomic E-state index is 13.0. The fraction of sp³-hybridized carbons (Fsp3) is 0.632. The molecule has 0 aliphatic carbocycles. The van der Waals surface area contributed by atoms with Gasteiger partial charge in [-0.1, -0.05) is 29.3 Å². The molecule has 3 N–H and O–H groups in total. The number of hydrogen-bond acceptors (Lipinski definition) is 5. The molecule has 0 saturated carbocycles. The van der Waals surface area contributed by atoms with Gasteiger partial charge >= 0.3 is 0 Å². The summed E-state index contributed by atoms with van der Waals surface area (Å²) in [5.74, 6) is -1.55. The molecule has 2 saturated heterocycles. The van der Waals surface area contributed by atoms with Crippen molar-refractivity contribution < 1.29 is 18.4 Å². The Hall–Kier alpha value is -0.900. The number of nitrogens with zero attached hydrogens (tertiary/aromatic N) is 1. The van der Waals surface area contributed by atoms with Crippen molar-refractivity contribution in [3.8, 4) is 0 Å². The molecule has 0 aromatic heterocycles. The summed E-state index contributed by atoms with van der Waals surface area (Å²) < 4.78 is 27.5. The number of benzene rings is 1. The lowest BCUT2D eigenvalue weighted by Crippen LogP contribution is -2.46. The van der Waals surface area contributed by atoms with E-state index in [4.69, 9.17) is 28.4 Å². The Balaban J connectivity index is 1.65. The van der Waals surface area contributed by atoms with Crippen LogP contribution in [0.5, 0.6) is 0 Å². The Morgan fingerprint density at radius 2 is 1.86 bits per heavy atom. The summed E-state index contributed by atoms with van der Waals surface area (Å²) in [6, 6.07) is 5.40. The molecule has 1 amide bonds. The zero-order valence-electron chi connectivity index (χ0n) is 16.1. The summed E-state index contributed by atoms with van der Waals surface area (Å²) in [4.78, 5) is 12.2. The highest BCUT2D eigenvalue weighted by Crippen LogP contribution is 2.35. The molecule has 29 heavy (non-hydrogen) atoms. The van der Waals surface area contributed by atoms with Gasteiger partial charge in [0.25, 0.3) is 0 Å². The van der Waals surface area contributed by atoms with Crippen molar-refractivity contribution in [2.24, 2.45) is 11.8 Å². The van der Waals surface area contributed by atoms with Gasteiger partial charge in [0.05, 0.1) is 11.7 Å². The number of amides is 1. The van der Waals surface area contributed by atoms with Crippen LogP contribution in [-0.4, -0.2) is 55.8 Å². The van der Waals surface area contributed by atoms with E-state index < -0.39 is 21.8 Å². The third-order valence-corrected chi connectivity index (χ3v) is 8.53. The number of hydrogen-bond donors (Lipinski definition) is 3. The zero-order chi connectivity index (χ0) is 21.0. The summed E-state index contributed by atoms with van der Waals surface area (Å²) in [6.07, 6.45) is 2.74.